The molecule has 4 atom stereocenters. The van der Waals surface area contributed by atoms with Crippen molar-refractivity contribution in [3.63, 3.8) is 0 Å². The largest absolute Gasteiger partial charge is 0.447 e. The van der Waals surface area contributed by atoms with Crippen LogP contribution in [0.4, 0.5) is 4.79 Å². The number of piperazine rings is 1. The molecule has 0 unspecified atom stereocenters. The number of benzene rings is 3. The number of carbonyl (C=O) groups is 4. The Morgan fingerprint density at radius 2 is 1.50 bits per heavy atom. The molecular formula is C36H37IN4O5. The Morgan fingerprint density at radius 1 is 0.870 bits per heavy atom. The second kappa shape index (κ2) is 14.6. The second-order valence-corrected chi connectivity index (χ2v) is 13.0. The van der Waals surface area contributed by atoms with Gasteiger partial charge in [-0.3, -0.25) is 24.2 Å². The van der Waals surface area contributed by atoms with Crippen LogP contribution >= 0.6 is 22.6 Å². The zero-order valence-corrected chi connectivity index (χ0v) is 27.6. The van der Waals surface area contributed by atoms with Crippen molar-refractivity contribution in [1.29, 1.82) is 0 Å². The lowest BCUT2D eigenvalue weighted by Gasteiger charge is -2.53. The van der Waals surface area contributed by atoms with Crippen LogP contribution in [0, 0.1) is 0 Å². The number of likely N-dealkylation sites (tertiary alicyclic amines) is 1. The normalized spacial score (nSPS) is 22.5. The maximum atomic E-state index is 14.1. The molecule has 3 aliphatic heterocycles. The van der Waals surface area contributed by atoms with Gasteiger partial charge in [-0.2, -0.15) is 0 Å². The predicted molar refractivity (Wildman–Crippen MR) is 183 cm³/mol. The van der Waals surface area contributed by atoms with Crippen molar-refractivity contribution in [1.82, 2.24) is 19.6 Å². The molecule has 0 saturated carbocycles. The first-order valence-electron chi connectivity index (χ1n) is 15.7. The minimum Gasteiger partial charge on any atom is -0.447 e. The molecule has 0 N–H and O–H groups in total. The zero-order valence-electron chi connectivity index (χ0n) is 25.5. The third-order valence-corrected chi connectivity index (χ3v) is 9.49. The standard InChI is InChI=1S/C36H37IN4O5/c37-32(42)24-30(34(43)39-22-20-38(21-23-39)19-18-27-12-6-2-7-13-27)40-29(17-16-26-10-4-1-5-11-26)33(35(40)44)41-31(25-46-36(41)45)28-14-8-3-9-15-28/h1-17,29-31,33H,18-25H2/b17-16+/t29-,30+,31-,33+/m1/s1. The number of hydrogen-bond donors (Lipinski definition) is 0. The Bertz CT molecular complexity index is 1560. The van der Waals surface area contributed by atoms with Gasteiger partial charge in [0.15, 0.2) is 3.79 Å². The Labute approximate surface area is 282 Å². The third kappa shape index (κ3) is 7.02. The number of carbonyl (C=O) groups excluding carboxylic acids is 4. The number of ether oxygens (including phenoxy) is 1. The van der Waals surface area contributed by atoms with E-state index in [1.807, 2.05) is 91.0 Å². The molecule has 3 amide bonds. The van der Waals surface area contributed by atoms with Crippen LogP contribution < -0.4 is 0 Å². The summed E-state index contributed by atoms with van der Waals surface area (Å²) >= 11 is 1.70. The van der Waals surface area contributed by atoms with E-state index in [1.165, 1.54) is 15.4 Å². The van der Waals surface area contributed by atoms with Gasteiger partial charge in [-0.15, -0.1) is 0 Å². The molecule has 0 bridgehead atoms. The van der Waals surface area contributed by atoms with Crippen molar-refractivity contribution in [2.75, 3.05) is 39.3 Å². The van der Waals surface area contributed by atoms with Gasteiger partial charge in [-0.05, 0) is 45.7 Å². The van der Waals surface area contributed by atoms with E-state index >= 15 is 0 Å². The summed E-state index contributed by atoms with van der Waals surface area (Å²) in [5.74, 6) is -0.596. The smallest absolute Gasteiger partial charge is 0.411 e. The monoisotopic (exact) mass is 732 g/mol. The lowest BCUT2D eigenvalue weighted by atomic mass is 9.87. The van der Waals surface area contributed by atoms with Crippen LogP contribution in [-0.2, 0) is 25.5 Å². The molecule has 0 aromatic heterocycles. The van der Waals surface area contributed by atoms with E-state index in [2.05, 4.69) is 17.0 Å². The molecule has 3 aromatic carbocycles. The Balaban J connectivity index is 1.22. The van der Waals surface area contributed by atoms with E-state index in [0.29, 0.717) is 13.1 Å². The van der Waals surface area contributed by atoms with Crippen LogP contribution in [0.5, 0.6) is 0 Å². The third-order valence-electron chi connectivity index (χ3n) is 9.05. The number of rotatable bonds is 11. The zero-order chi connectivity index (χ0) is 32.0. The van der Waals surface area contributed by atoms with Crippen molar-refractivity contribution in [2.45, 2.75) is 37.0 Å². The number of nitrogens with zero attached hydrogens (tertiary/aromatic N) is 4. The summed E-state index contributed by atoms with van der Waals surface area (Å²) in [6, 6.07) is 26.6. The summed E-state index contributed by atoms with van der Waals surface area (Å²) in [5.41, 5.74) is 3.06. The first kappa shape index (κ1) is 31.9. The van der Waals surface area contributed by atoms with Crippen molar-refractivity contribution in [3.8, 4) is 0 Å². The van der Waals surface area contributed by atoms with E-state index in [9.17, 15) is 19.2 Å². The van der Waals surface area contributed by atoms with E-state index in [1.54, 1.807) is 27.5 Å². The topological polar surface area (TPSA) is 90.5 Å². The maximum absolute atomic E-state index is 14.1. The minimum absolute atomic E-state index is 0.103. The van der Waals surface area contributed by atoms with E-state index in [-0.39, 0.29) is 28.6 Å². The van der Waals surface area contributed by atoms with Gasteiger partial charge in [0.25, 0.3) is 0 Å². The van der Waals surface area contributed by atoms with Gasteiger partial charge >= 0.3 is 6.09 Å². The number of amides is 3. The molecule has 10 heteroatoms. The van der Waals surface area contributed by atoms with Crippen LogP contribution in [0.15, 0.2) is 97.1 Å². The van der Waals surface area contributed by atoms with Gasteiger partial charge < -0.3 is 14.5 Å². The number of cyclic esters (lactones) is 1. The van der Waals surface area contributed by atoms with Crippen LogP contribution in [0.25, 0.3) is 6.08 Å². The molecule has 0 spiro atoms. The molecule has 46 heavy (non-hydrogen) atoms. The minimum atomic E-state index is -0.969. The van der Waals surface area contributed by atoms with E-state index < -0.39 is 30.3 Å². The van der Waals surface area contributed by atoms with Crippen molar-refractivity contribution in [3.05, 3.63) is 114 Å². The average Bonchev–Trinajstić information content (AvgIpc) is 3.46. The molecule has 238 valence electrons. The van der Waals surface area contributed by atoms with E-state index in [0.717, 1.165) is 37.2 Å². The predicted octanol–water partition coefficient (Wildman–Crippen LogP) is 4.58. The highest BCUT2D eigenvalue weighted by molar-refractivity contribution is 14.1. The summed E-state index contributed by atoms with van der Waals surface area (Å²) < 4.78 is 5.26. The summed E-state index contributed by atoms with van der Waals surface area (Å²) in [5, 5.41) is 0. The molecule has 3 fully saturated rings. The molecule has 3 aliphatic rings. The molecule has 9 nitrogen and oxygen atoms in total. The Hall–Kier alpha value is -4.03. The highest BCUT2D eigenvalue weighted by atomic mass is 127. The van der Waals surface area contributed by atoms with Crippen molar-refractivity contribution < 1.29 is 23.9 Å². The summed E-state index contributed by atoms with van der Waals surface area (Å²) in [6.45, 7) is 3.50. The van der Waals surface area contributed by atoms with Crippen molar-refractivity contribution >= 4 is 50.4 Å². The summed E-state index contributed by atoms with van der Waals surface area (Å²) in [4.78, 5) is 61.1. The summed E-state index contributed by atoms with van der Waals surface area (Å²) in [7, 11) is 0. The first-order valence-corrected chi connectivity index (χ1v) is 16.8. The fourth-order valence-corrected chi connectivity index (χ4v) is 7.01. The van der Waals surface area contributed by atoms with Crippen molar-refractivity contribution in [2.24, 2.45) is 0 Å². The van der Waals surface area contributed by atoms with Gasteiger partial charge in [-0.25, -0.2) is 4.79 Å². The molecule has 0 radical (unpaired) electrons. The van der Waals surface area contributed by atoms with Gasteiger partial charge in [0.2, 0.25) is 11.8 Å². The number of hydrogen-bond acceptors (Lipinski definition) is 6. The molecule has 3 aromatic rings. The highest BCUT2D eigenvalue weighted by Crippen LogP contribution is 2.39. The van der Waals surface area contributed by atoms with Gasteiger partial charge in [0.1, 0.15) is 18.7 Å². The van der Waals surface area contributed by atoms with E-state index in [4.69, 9.17) is 4.74 Å². The lowest BCUT2D eigenvalue weighted by molar-refractivity contribution is -0.166. The Kier molecular flexibility index (Phi) is 10.1. The fraction of sp³-hybridized carbons (Fsp3) is 0.333. The summed E-state index contributed by atoms with van der Waals surface area (Å²) in [6.07, 6.45) is 4.03. The number of β-lactam (4-membered cyclic amide) rings is 1. The average molecular weight is 733 g/mol. The lowest BCUT2D eigenvalue weighted by Crippen LogP contribution is -2.74. The molecule has 6 rings (SSSR count). The molecular weight excluding hydrogens is 695 g/mol. The van der Waals surface area contributed by atoms with Gasteiger partial charge in [0.05, 0.1) is 12.1 Å². The Morgan fingerprint density at radius 3 is 2.15 bits per heavy atom. The quantitative estimate of drug-likeness (QED) is 0.163. The maximum Gasteiger partial charge on any atom is 0.411 e. The second-order valence-electron chi connectivity index (χ2n) is 11.8. The van der Waals surface area contributed by atoms with Crippen LogP contribution in [0.1, 0.15) is 29.2 Å². The molecule has 3 saturated heterocycles. The molecule has 0 aliphatic carbocycles. The molecule has 3 heterocycles. The van der Waals surface area contributed by atoms with Gasteiger partial charge in [-0.1, -0.05) is 103 Å². The van der Waals surface area contributed by atoms with Crippen LogP contribution in [0.2, 0.25) is 0 Å². The van der Waals surface area contributed by atoms with Crippen LogP contribution in [-0.4, -0.2) is 98.8 Å². The first-order chi connectivity index (χ1) is 22.4. The highest BCUT2D eigenvalue weighted by Gasteiger charge is 2.58. The van der Waals surface area contributed by atoms with Gasteiger partial charge in [0, 0.05) is 39.1 Å². The fourth-order valence-electron chi connectivity index (χ4n) is 6.60. The number of halogens is 1. The van der Waals surface area contributed by atoms with Crippen LogP contribution in [0.3, 0.4) is 0 Å². The SMILES string of the molecule is O=C(I)C[C@@H](C(=O)N1CCN(CCc2ccccc2)CC1)N1C(=O)[C@@H](N2C(=O)OC[C@@H]2c2ccccc2)[C@H]1/C=C/c1ccccc1.